The number of nitrogens with zero attached hydrogens (tertiary/aromatic N) is 1. The van der Waals surface area contributed by atoms with Crippen molar-refractivity contribution in [2.75, 3.05) is 19.7 Å². The minimum Gasteiger partial charge on any atom is -0.378 e. The van der Waals surface area contributed by atoms with Crippen LogP contribution in [0.4, 0.5) is 5.69 Å². The molecule has 5 heteroatoms. The zero-order chi connectivity index (χ0) is 12.8. The molecule has 0 bridgehead atoms. The summed E-state index contributed by atoms with van der Waals surface area (Å²) in [5.74, 6) is 0. The van der Waals surface area contributed by atoms with Crippen molar-refractivity contribution >= 4 is 5.69 Å². The van der Waals surface area contributed by atoms with Gasteiger partial charge in [0.05, 0.1) is 17.6 Å². The van der Waals surface area contributed by atoms with Crippen LogP contribution in [0, 0.1) is 10.1 Å². The van der Waals surface area contributed by atoms with Crippen molar-refractivity contribution in [2.24, 2.45) is 0 Å². The Bertz CT molecular complexity index is 403. The normalized spacial score (nSPS) is 16.7. The highest BCUT2D eigenvalue weighted by atomic mass is 16.6. The van der Waals surface area contributed by atoms with Gasteiger partial charge in [-0.2, -0.15) is 0 Å². The van der Waals surface area contributed by atoms with Gasteiger partial charge in [-0.05, 0) is 25.9 Å². The minimum atomic E-state index is -0.333. The SMILES string of the molecule is O=[N+]([O-])c1ccccc1CCOC1CCNCC1. The van der Waals surface area contributed by atoms with Crippen molar-refractivity contribution in [3.63, 3.8) is 0 Å². The molecule has 0 aliphatic carbocycles. The van der Waals surface area contributed by atoms with E-state index in [2.05, 4.69) is 5.32 Å². The Morgan fingerprint density at radius 1 is 1.33 bits per heavy atom. The van der Waals surface area contributed by atoms with Crippen LogP contribution < -0.4 is 5.32 Å². The molecule has 1 heterocycles. The molecule has 0 saturated carbocycles. The van der Waals surface area contributed by atoms with Crippen LogP contribution in [0.3, 0.4) is 0 Å². The number of para-hydroxylation sites is 1. The van der Waals surface area contributed by atoms with Gasteiger partial charge < -0.3 is 10.1 Å². The number of nitro benzene ring substituents is 1. The summed E-state index contributed by atoms with van der Waals surface area (Å²) >= 11 is 0. The third-order valence-corrected chi connectivity index (χ3v) is 3.20. The number of rotatable bonds is 5. The second kappa shape index (κ2) is 6.47. The van der Waals surface area contributed by atoms with Crippen LogP contribution in [-0.2, 0) is 11.2 Å². The summed E-state index contributed by atoms with van der Waals surface area (Å²) < 4.78 is 5.76. The lowest BCUT2D eigenvalue weighted by Crippen LogP contribution is -2.32. The quantitative estimate of drug-likeness (QED) is 0.640. The molecule has 18 heavy (non-hydrogen) atoms. The first-order chi connectivity index (χ1) is 8.77. The second-order valence-electron chi connectivity index (χ2n) is 4.46. The maximum absolute atomic E-state index is 10.8. The molecule has 0 radical (unpaired) electrons. The van der Waals surface area contributed by atoms with Gasteiger partial charge in [-0.3, -0.25) is 10.1 Å². The molecule has 5 nitrogen and oxygen atoms in total. The van der Waals surface area contributed by atoms with Crippen molar-refractivity contribution in [1.29, 1.82) is 0 Å². The van der Waals surface area contributed by atoms with Gasteiger partial charge in [0.2, 0.25) is 0 Å². The van der Waals surface area contributed by atoms with Gasteiger partial charge in [-0.15, -0.1) is 0 Å². The summed E-state index contributed by atoms with van der Waals surface area (Å²) in [5, 5.41) is 14.1. The van der Waals surface area contributed by atoms with Crippen LogP contribution in [0.1, 0.15) is 18.4 Å². The van der Waals surface area contributed by atoms with E-state index in [0.717, 1.165) is 31.5 Å². The van der Waals surface area contributed by atoms with Crippen molar-refractivity contribution in [3.05, 3.63) is 39.9 Å². The topological polar surface area (TPSA) is 64.4 Å². The summed E-state index contributed by atoms with van der Waals surface area (Å²) in [7, 11) is 0. The molecule has 1 aliphatic rings. The van der Waals surface area contributed by atoms with E-state index >= 15 is 0 Å². The van der Waals surface area contributed by atoms with Gasteiger partial charge in [-0.25, -0.2) is 0 Å². The van der Waals surface area contributed by atoms with Crippen molar-refractivity contribution in [3.8, 4) is 0 Å². The first-order valence-corrected chi connectivity index (χ1v) is 6.32. The Morgan fingerprint density at radius 3 is 2.78 bits per heavy atom. The van der Waals surface area contributed by atoms with Crippen molar-refractivity contribution < 1.29 is 9.66 Å². The molecular formula is C13H18N2O3. The highest BCUT2D eigenvalue weighted by molar-refractivity contribution is 5.39. The summed E-state index contributed by atoms with van der Waals surface area (Å²) in [6, 6.07) is 6.85. The number of piperidine rings is 1. The largest absolute Gasteiger partial charge is 0.378 e. The maximum Gasteiger partial charge on any atom is 0.272 e. The van der Waals surface area contributed by atoms with Crippen LogP contribution in [0.5, 0.6) is 0 Å². The second-order valence-corrected chi connectivity index (χ2v) is 4.46. The molecule has 1 aliphatic heterocycles. The van der Waals surface area contributed by atoms with Crippen molar-refractivity contribution in [1.82, 2.24) is 5.32 Å². The number of nitrogens with one attached hydrogen (secondary N) is 1. The van der Waals surface area contributed by atoms with Crippen LogP contribution in [0.25, 0.3) is 0 Å². The Kier molecular flexibility index (Phi) is 4.66. The van der Waals surface area contributed by atoms with Crippen LogP contribution in [-0.4, -0.2) is 30.7 Å². The zero-order valence-electron chi connectivity index (χ0n) is 10.3. The molecule has 0 aromatic heterocycles. The molecule has 0 spiro atoms. The Hall–Kier alpha value is -1.46. The smallest absolute Gasteiger partial charge is 0.272 e. The predicted octanol–water partition coefficient (Wildman–Crippen LogP) is 1.91. The fourth-order valence-corrected chi connectivity index (χ4v) is 2.20. The summed E-state index contributed by atoms with van der Waals surface area (Å²) in [4.78, 5) is 10.5. The van der Waals surface area contributed by atoms with Gasteiger partial charge in [0.25, 0.3) is 5.69 Å². The van der Waals surface area contributed by atoms with E-state index < -0.39 is 0 Å². The highest BCUT2D eigenvalue weighted by Crippen LogP contribution is 2.18. The molecule has 1 aromatic rings. The Labute approximate surface area is 106 Å². The van der Waals surface area contributed by atoms with Gasteiger partial charge in [0.1, 0.15) is 0 Å². The van der Waals surface area contributed by atoms with E-state index in [9.17, 15) is 10.1 Å². The molecule has 98 valence electrons. The van der Waals surface area contributed by atoms with E-state index in [1.807, 2.05) is 6.07 Å². The number of benzene rings is 1. The minimum absolute atomic E-state index is 0.186. The molecule has 0 amide bonds. The number of ether oxygens (including phenoxy) is 1. The average Bonchev–Trinajstić information content (AvgIpc) is 2.40. The van der Waals surface area contributed by atoms with Gasteiger partial charge in [0, 0.05) is 18.1 Å². The molecule has 0 unspecified atom stereocenters. The van der Waals surface area contributed by atoms with Gasteiger partial charge in [-0.1, -0.05) is 18.2 Å². The first kappa shape index (κ1) is 13.0. The van der Waals surface area contributed by atoms with E-state index in [-0.39, 0.29) is 10.6 Å². The summed E-state index contributed by atoms with van der Waals surface area (Å²) in [6.45, 7) is 2.54. The highest BCUT2D eigenvalue weighted by Gasteiger charge is 2.15. The molecule has 2 rings (SSSR count). The number of nitro groups is 1. The van der Waals surface area contributed by atoms with Gasteiger partial charge >= 0.3 is 0 Å². The summed E-state index contributed by atoms with van der Waals surface area (Å²) in [5.41, 5.74) is 0.933. The monoisotopic (exact) mass is 250 g/mol. The number of hydrogen-bond acceptors (Lipinski definition) is 4. The number of hydrogen-bond donors (Lipinski definition) is 1. The molecule has 1 N–H and O–H groups in total. The van der Waals surface area contributed by atoms with Crippen LogP contribution >= 0.6 is 0 Å². The Morgan fingerprint density at radius 2 is 2.06 bits per heavy atom. The predicted molar refractivity (Wildman–Crippen MR) is 68.6 cm³/mol. The fraction of sp³-hybridized carbons (Fsp3) is 0.538. The van der Waals surface area contributed by atoms with E-state index in [4.69, 9.17) is 4.74 Å². The molecule has 0 atom stereocenters. The van der Waals surface area contributed by atoms with E-state index in [0.29, 0.717) is 19.1 Å². The van der Waals surface area contributed by atoms with Crippen molar-refractivity contribution in [2.45, 2.75) is 25.4 Å². The average molecular weight is 250 g/mol. The van der Waals surface area contributed by atoms with E-state index in [1.165, 1.54) is 0 Å². The lowest BCUT2D eigenvalue weighted by molar-refractivity contribution is -0.385. The molecule has 1 saturated heterocycles. The third kappa shape index (κ3) is 3.51. The lowest BCUT2D eigenvalue weighted by atomic mass is 10.1. The van der Waals surface area contributed by atoms with Crippen LogP contribution in [0.2, 0.25) is 0 Å². The maximum atomic E-state index is 10.8. The lowest BCUT2D eigenvalue weighted by Gasteiger charge is -2.22. The summed E-state index contributed by atoms with van der Waals surface area (Å²) in [6.07, 6.45) is 2.95. The molecule has 1 aromatic carbocycles. The van der Waals surface area contributed by atoms with E-state index in [1.54, 1.807) is 18.2 Å². The fourth-order valence-electron chi connectivity index (χ4n) is 2.20. The first-order valence-electron chi connectivity index (χ1n) is 6.32. The van der Waals surface area contributed by atoms with Gasteiger partial charge in [0.15, 0.2) is 0 Å². The molecular weight excluding hydrogens is 232 g/mol. The Balaban J connectivity index is 1.84. The van der Waals surface area contributed by atoms with Crippen LogP contribution in [0.15, 0.2) is 24.3 Å². The molecule has 1 fully saturated rings. The zero-order valence-corrected chi connectivity index (χ0v) is 10.3. The standard InChI is InChI=1S/C13H18N2O3/c16-15(17)13-4-2-1-3-11(13)7-10-18-12-5-8-14-9-6-12/h1-4,12,14H,5-10H2. The third-order valence-electron chi connectivity index (χ3n) is 3.20.